The number of likely N-dealkylation sites (tertiary alicyclic amines) is 1. The van der Waals surface area contributed by atoms with Crippen molar-refractivity contribution in [3.05, 3.63) is 29.3 Å². The van der Waals surface area contributed by atoms with Gasteiger partial charge in [-0.25, -0.2) is 0 Å². The van der Waals surface area contributed by atoms with E-state index in [0.29, 0.717) is 18.1 Å². The Kier molecular flexibility index (Phi) is 3.43. The Morgan fingerprint density at radius 1 is 1.24 bits per heavy atom. The van der Waals surface area contributed by atoms with E-state index in [1.807, 2.05) is 6.92 Å². The van der Waals surface area contributed by atoms with Gasteiger partial charge in [0, 0.05) is 12.3 Å². The predicted molar refractivity (Wildman–Crippen MR) is 74.4 cm³/mol. The van der Waals surface area contributed by atoms with Crippen molar-refractivity contribution < 1.29 is 17.9 Å². The zero-order valence-electron chi connectivity index (χ0n) is 12.3. The first kappa shape index (κ1) is 14.7. The van der Waals surface area contributed by atoms with Crippen molar-refractivity contribution in [2.75, 3.05) is 20.1 Å². The summed E-state index contributed by atoms with van der Waals surface area (Å²) in [7, 11) is 2.10. The number of hydrogen-bond acceptors (Lipinski definition) is 2. The molecule has 2 aliphatic heterocycles. The van der Waals surface area contributed by atoms with Crippen molar-refractivity contribution >= 4 is 0 Å². The summed E-state index contributed by atoms with van der Waals surface area (Å²) in [4.78, 5) is 2.28. The summed E-state index contributed by atoms with van der Waals surface area (Å²) in [6.45, 7) is 4.08. The first-order valence-corrected chi connectivity index (χ1v) is 7.36. The zero-order chi connectivity index (χ0) is 15.3. The smallest absolute Gasteiger partial charge is 0.416 e. The van der Waals surface area contributed by atoms with Gasteiger partial charge in [-0.2, -0.15) is 13.2 Å². The predicted octanol–water partition coefficient (Wildman–Crippen LogP) is 3.74. The van der Waals surface area contributed by atoms with Gasteiger partial charge in [-0.1, -0.05) is 6.07 Å². The van der Waals surface area contributed by atoms with Crippen LogP contribution in [0.5, 0.6) is 5.75 Å². The van der Waals surface area contributed by atoms with E-state index in [-0.39, 0.29) is 5.60 Å². The van der Waals surface area contributed by atoms with E-state index >= 15 is 0 Å². The van der Waals surface area contributed by atoms with E-state index in [9.17, 15) is 13.2 Å². The molecule has 0 N–H and O–H groups in total. The molecule has 1 aromatic carbocycles. The van der Waals surface area contributed by atoms with Gasteiger partial charge in [-0.05, 0) is 57.6 Å². The lowest BCUT2D eigenvalue weighted by Gasteiger charge is -2.38. The molecule has 1 saturated heterocycles. The van der Waals surface area contributed by atoms with Crippen LogP contribution in [0.2, 0.25) is 0 Å². The highest BCUT2D eigenvalue weighted by molar-refractivity contribution is 5.43. The molecule has 0 aliphatic carbocycles. The third-order valence-corrected chi connectivity index (χ3v) is 4.86. The van der Waals surface area contributed by atoms with Crippen LogP contribution < -0.4 is 4.74 Å². The highest BCUT2D eigenvalue weighted by Crippen LogP contribution is 2.44. The molecule has 1 aromatic rings. The van der Waals surface area contributed by atoms with Crippen LogP contribution in [0.4, 0.5) is 13.2 Å². The number of rotatable bonds is 1. The molecule has 1 unspecified atom stereocenters. The minimum atomic E-state index is -4.31. The van der Waals surface area contributed by atoms with Gasteiger partial charge >= 0.3 is 6.18 Å². The molecule has 1 fully saturated rings. The van der Waals surface area contributed by atoms with Gasteiger partial charge in [-0.15, -0.1) is 0 Å². The summed E-state index contributed by atoms with van der Waals surface area (Å²) in [5, 5.41) is 0. The Morgan fingerprint density at radius 2 is 1.90 bits per heavy atom. The van der Waals surface area contributed by atoms with E-state index in [0.717, 1.165) is 43.6 Å². The molecule has 0 aromatic heterocycles. The quantitative estimate of drug-likeness (QED) is 0.783. The third kappa shape index (κ3) is 2.76. The number of fused-ring (bicyclic) bond motifs is 1. The average Bonchev–Trinajstić information content (AvgIpc) is 2.74. The molecule has 0 bridgehead atoms. The first-order chi connectivity index (χ1) is 9.78. The maximum Gasteiger partial charge on any atom is 0.416 e. The summed E-state index contributed by atoms with van der Waals surface area (Å²) in [5.74, 6) is 0.807. The van der Waals surface area contributed by atoms with Crippen molar-refractivity contribution in [3.63, 3.8) is 0 Å². The molecule has 2 aliphatic rings. The molecule has 0 saturated carbocycles. The minimum Gasteiger partial charge on any atom is -0.487 e. The number of halogens is 3. The van der Waals surface area contributed by atoms with Gasteiger partial charge in [0.05, 0.1) is 5.56 Å². The van der Waals surface area contributed by atoms with E-state index in [1.54, 1.807) is 6.07 Å². The highest BCUT2D eigenvalue weighted by Gasteiger charge is 2.43. The van der Waals surface area contributed by atoms with Crippen LogP contribution >= 0.6 is 0 Å². The standard InChI is InChI=1S/C16H20F3NO/c1-15(12-5-7-20(2)8-6-12)10-11-3-4-13(16(17,18)19)9-14(11)21-15/h3-4,9,12H,5-8,10H2,1-2H3. The Bertz CT molecular complexity index is 535. The topological polar surface area (TPSA) is 12.5 Å². The van der Waals surface area contributed by atoms with E-state index in [4.69, 9.17) is 4.74 Å². The fraction of sp³-hybridized carbons (Fsp3) is 0.625. The number of alkyl halides is 3. The van der Waals surface area contributed by atoms with Gasteiger partial charge in [0.2, 0.25) is 0 Å². The van der Waals surface area contributed by atoms with Crippen LogP contribution in [-0.2, 0) is 12.6 Å². The van der Waals surface area contributed by atoms with Crippen molar-refractivity contribution in [1.82, 2.24) is 4.90 Å². The summed E-state index contributed by atoms with van der Waals surface area (Å²) >= 11 is 0. The molecule has 116 valence electrons. The lowest BCUT2D eigenvalue weighted by molar-refractivity contribution is -0.137. The van der Waals surface area contributed by atoms with Crippen LogP contribution in [0.3, 0.4) is 0 Å². The van der Waals surface area contributed by atoms with Gasteiger partial charge in [0.25, 0.3) is 0 Å². The monoisotopic (exact) mass is 299 g/mol. The van der Waals surface area contributed by atoms with Crippen molar-refractivity contribution in [1.29, 1.82) is 0 Å². The second-order valence-corrected chi connectivity index (χ2v) is 6.49. The largest absolute Gasteiger partial charge is 0.487 e. The molecule has 5 heteroatoms. The van der Waals surface area contributed by atoms with Crippen LogP contribution in [0, 0.1) is 5.92 Å². The molecule has 1 atom stereocenters. The number of nitrogens with zero attached hydrogens (tertiary/aromatic N) is 1. The van der Waals surface area contributed by atoms with Gasteiger partial charge < -0.3 is 9.64 Å². The maximum absolute atomic E-state index is 12.8. The number of ether oxygens (including phenoxy) is 1. The SMILES string of the molecule is CN1CCC(C2(C)Cc3ccc(C(F)(F)F)cc3O2)CC1. The zero-order valence-corrected chi connectivity index (χ0v) is 12.3. The molecule has 3 rings (SSSR count). The fourth-order valence-corrected chi connectivity index (χ4v) is 3.48. The van der Waals surface area contributed by atoms with Crippen molar-refractivity contribution in [2.24, 2.45) is 5.92 Å². The second-order valence-electron chi connectivity index (χ2n) is 6.49. The maximum atomic E-state index is 12.8. The molecule has 0 amide bonds. The van der Waals surface area contributed by atoms with Crippen LogP contribution in [0.15, 0.2) is 18.2 Å². The Balaban J connectivity index is 1.80. The van der Waals surface area contributed by atoms with Crippen molar-refractivity contribution in [2.45, 2.75) is 38.0 Å². The number of piperidine rings is 1. The minimum absolute atomic E-state index is 0.367. The molecular weight excluding hydrogens is 279 g/mol. The van der Waals surface area contributed by atoms with E-state index < -0.39 is 11.7 Å². The number of benzene rings is 1. The molecule has 0 spiro atoms. The Labute approximate surface area is 122 Å². The van der Waals surface area contributed by atoms with Crippen LogP contribution in [0.1, 0.15) is 30.9 Å². The fourth-order valence-electron chi connectivity index (χ4n) is 3.48. The molecule has 21 heavy (non-hydrogen) atoms. The van der Waals surface area contributed by atoms with Crippen molar-refractivity contribution in [3.8, 4) is 5.75 Å². The normalized spacial score (nSPS) is 27.5. The highest BCUT2D eigenvalue weighted by atomic mass is 19.4. The summed E-state index contributed by atoms with van der Waals surface area (Å²) in [6, 6.07) is 3.87. The second kappa shape index (κ2) is 4.90. The lowest BCUT2D eigenvalue weighted by Crippen LogP contribution is -2.45. The van der Waals surface area contributed by atoms with E-state index in [2.05, 4.69) is 11.9 Å². The van der Waals surface area contributed by atoms with E-state index in [1.165, 1.54) is 0 Å². The third-order valence-electron chi connectivity index (χ3n) is 4.86. The van der Waals surface area contributed by atoms with Crippen LogP contribution in [-0.4, -0.2) is 30.6 Å². The summed E-state index contributed by atoms with van der Waals surface area (Å²) in [6.07, 6.45) is -1.54. The molecule has 2 heterocycles. The lowest BCUT2D eigenvalue weighted by atomic mass is 9.79. The molecule has 2 nitrogen and oxygen atoms in total. The van der Waals surface area contributed by atoms with Gasteiger partial charge in [0.1, 0.15) is 11.4 Å². The van der Waals surface area contributed by atoms with Crippen LogP contribution in [0.25, 0.3) is 0 Å². The summed E-state index contributed by atoms with van der Waals surface area (Å²) in [5.41, 5.74) is -0.105. The average molecular weight is 299 g/mol. The van der Waals surface area contributed by atoms with Gasteiger partial charge in [-0.3, -0.25) is 0 Å². The Hall–Kier alpha value is -1.23. The molecule has 0 radical (unpaired) electrons. The van der Waals surface area contributed by atoms with Gasteiger partial charge in [0.15, 0.2) is 0 Å². The number of hydrogen-bond donors (Lipinski definition) is 0. The summed E-state index contributed by atoms with van der Waals surface area (Å²) < 4.78 is 44.3. The first-order valence-electron chi connectivity index (χ1n) is 7.36. The Morgan fingerprint density at radius 3 is 2.52 bits per heavy atom. The molecular formula is C16H20F3NO.